The van der Waals surface area contributed by atoms with Gasteiger partial charge in [0.1, 0.15) is 35.1 Å². The van der Waals surface area contributed by atoms with Gasteiger partial charge in [-0.3, -0.25) is 4.79 Å². The smallest absolute Gasteiger partial charge is 0.263 e. The van der Waals surface area contributed by atoms with Crippen molar-refractivity contribution in [3.05, 3.63) is 57.9 Å². The van der Waals surface area contributed by atoms with Crippen LogP contribution in [-0.4, -0.2) is 34.0 Å². The van der Waals surface area contributed by atoms with E-state index < -0.39 is 0 Å². The van der Waals surface area contributed by atoms with Gasteiger partial charge in [0.05, 0.1) is 24.5 Å². The molecule has 3 heterocycles. The number of amides is 1. The molecule has 1 amide bonds. The topological polar surface area (TPSA) is 80.2 Å². The lowest BCUT2D eigenvalue weighted by atomic mass is 10.1. The van der Waals surface area contributed by atoms with Crippen LogP contribution in [0.25, 0.3) is 0 Å². The van der Waals surface area contributed by atoms with Crippen LogP contribution in [0.5, 0.6) is 5.75 Å². The van der Waals surface area contributed by atoms with Crippen LogP contribution in [0, 0.1) is 6.92 Å². The van der Waals surface area contributed by atoms with E-state index in [0.29, 0.717) is 36.8 Å². The number of anilines is 2. The molecule has 1 aromatic carbocycles. The molecule has 0 atom stereocenters. The van der Waals surface area contributed by atoms with Crippen LogP contribution < -0.4 is 15.0 Å². The van der Waals surface area contributed by atoms with E-state index in [-0.39, 0.29) is 5.91 Å². The maximum Gasteiger partial charge on any atom is 0.263 e. The first-order valence-electron chi connectivity index (χ1n) is 9.18. The minimum absolute atomic E-state index is 0.147. The largest absolute Gasteiger partial charge is 0.490 e. The maximum atomic E-state index is 13.3. The summed E-state index contributed by atoms with van der Waals surface area (Å²) >= 11 is 1.60. The molecule has 0 bridgehead atoms. The van der Waals surface area contributed by atoms with Gasteiger partial charge in [0.15, 0.2) is 0 Å². The van der Waals surface area contributed by atoms with Crippen molar-refractivity contribution in [2.24, 2.45) is 0 Å². The Kier molecular flexibility index (Phi) is 5.21. The van der Waals surface area contributed by atoms with E-state index in [1.807, 2.05) is 25.1 Å². The molecule has 0 spiro atoms. The van der Waals surface area contributed by atoms with Crippen LogP contribution in [0.2, 0.25) is 0 Å². The Bertz CT molecular complexity index is 1000. The maximum absolute atomic E-state index is 13.3. The molecule has 1 N–H and O–H groups in total. The average molecular weight is 395 g/mol. The number of ether oxygens (including phenoxy) is 1. The molecule has 0 aliphatic carbocycles. The van der Waals surface area contributed by atoms with Crippen molar-refractivity contribution in [3.8, 4) is 5.75 Å². The SMILES string of the molecule is CCc1csc(CNc2ncncc2C(=O)N2CCOc3ccc(C)cc32)n1. The molecule has 2 aromatic heterocycles. The molecule has 0 saturated heterocycles. The summed E-state index contributed by atoms with van der Waals surface area (Å²) in [5.74, 6) is 1.08. The summed E-state index contributed by atoms with van der Waals surface area (Å²) in [5, 5.41) is 6.25. The zero-order chi connectivity index (χ0) is 19.5. The van der Waals surface area contributed by atoms with Gasteiger partial charge in [0, 0.05) is 11.6 Å². The quantitative estimate of drug-likeness (QED) is 0.713. The Morgan fingerprint density at radius 3 is 3.11 bits per heavy atom. The summed E-state index contributed by atoms with van der Waals surface area (Å²) in [6.45, 7) is 5.53. The summed E-state index contributed by atoms with van der Waals surface area (Å²) in [5.41, 5.74) is 3.35. The molecule has 1 aliphatic rings. The van der Waals surface area contributed by atoms with Gasteiger partial charge in [-0.25, -0.2) is 15.0 Å². The molecule has 28 heavy (non-hydrogen) atoms. The van der Waals surface area contributed by atoms with Gasteiger partial charge >= 0.3 is 0 Å². The Balaban J connectivity index is 1.58. The number of carbonyl (C=O) groups is 1. The first kappa shape index (κ1) is 18.4. The summed E-state index contributed by atoms with van der Waals surface area (Å²) in [4.78, 5) is 27.9. The van der Waals surface area contributed by atoms with Gasteiger partial charge in [-0.05, 0) is 31.0 Å². The fourth-order valence-electron chi connectivity index (χ4n) is 3.06. The highest BCUT2D eigenvalue weighted by Gasteiger charge is 2.27. The Labute approximate surface area is 167 Å². The van der Waals surface area contributed by atoms with Crippen LogP contribution in [0.3, 0.4) is 0 Å². The third kappa shape index (κ3) is 3.68. The van der Waals surface area contributed by atoms with E-state index in [9.17, 15) is 4.79 Å². The molecular formula is C20H21N5O2S. The lowest BCUT2D eigenvalue weighted by Gasteiger charge is -2.30. The van der Waals surface area contributed by atoms with E-state index >= 15 is 0 Å². The molecule has 144 valence electrons. The molecule has 0 fully saturated rings. The van der Waals surface area contributed by atoms with E-state index in [1.165, 1.54) is 6.33 Å². The number of hydrogen-bond donors (Lipinski definition) is 1. The number of aromatic nitrogens is 3. The standard InChI is InChI=1S/C20H21N5O2S/c1-3-14-11-28-18(24-14)10-22-19-15(9-21-12-23-19)20(26)25-6-7-27-17-5-4-13(2)8-16(17)25/h4-5,8-9,11-12H,3,6-7,10H2,1-2H3,(H,21,22,23). The van der Waals surface area contributed by atoms with E-state index in [1.54, 1.807) is 22.4 Å². The zero-order valence-corrected chi connectivity index (χ0v) is 16.6. The van der Waals surface area contributed by atoms with Crippen LogP contribution in [0.4, 0.5) is 11.5 Å². The molecule has 1 aliphatic heterocycles. The third-order valence-corrected chi connectivity index (χ3v) is 5.43. The molecule has 0 saturated carbocycles. The van der Waals surface area contributed by atoms with E-state index in [2.05, 4.69) is 32.6 Å². The van der Waals surface area contributed by atoms with Gasteiger partial charge in [0.25, 0.3) is 5.91 Å². The highest BCUT2D eigenvalue weighted by atomic mass is 32.1. The van der Waals surface area contributed by atoms with Gasteiger partial charge in [0.2, 0.25) is 0 Å². The van der Waals surface area contributed by atoms with Crippen LogP contribution in [-0.2, 0) is 13.0 Å². The number of carbonyl (C=O) groups excluding carboxylic acids is 1. The van der Waals surface area contributed by atoms with Crippen LogP contribution >= 0.6 is 11.3 Å². The van der Waals surface area contributed by atoms with Gasteiger partial charge in [-0.15, -0.1) is 11.3 Å². The number of fused-ring (bicyclic) bond motifs is 1. The van der Waals surface area contributed by atoms with Crippen molar-refractivity contribution in [1.29, 1.82) is 0 Å². The molecule has 7 nitrogen and oxygen atoms in total. The summed E-state index contributed by atoms with van der Waals surface area (Å²) in [6, 6.07) is 5.84. The number of thiazole rings is 1. The second kappa shape index (κ2) is 7.93. The molecule has 0 radical (unpaired) electrons. The number of hydrogen-bond acceptors (Lipinski definition) is 7. The average Bonchev–Trinajstić information content (AvgIpc) is 3.19. The molecule has 8 heteroatoms. The normalized spacial score (nSPS) is 13.0. The van der Waals surface area contributed by atoms with Crippen molar-refractivity contribution >= 4 is 28.7 Å². The van der Waals surface area contributed by atoms with Crippen molar-refractivity contribution < 1.29 is 9.53 Å². The summed E-state index contributed by atoms with van der Waals surface area (Å²) in [7, 11) is 0. The second-order valence-electron chi connectivity index (χ2n) is 6.50. The van der Waals surface area contributed by atoms with Crippen molar-refractivity contribution in [2.45, 2.75) is 26.8 Å². The number of rotatable bonds is 5. The van der Waals surface area contributed by atoms with Crippen LogP contribution in [0.15, 0.2) is 36.1 Å². The third-order valence-electron chi connectivity index (χ3n) is 4.53. The van der Waals surface area contributed by atoms with E-state index in [4.69, 9.17) is 4.74 Å². The Morgan fingerprint density at radius 2 is 2.29 bits per heavy atom. The fourth-order valence-corrected chi connectivity index (χ4v) is 3.88. The molecule has 0 unspecified atom stereocenters. The highest BCUT2D eigenvalue weighted by Crippen LogP contribution is 2.33. The fraction of sp³-hybridized carbons (Fsp3) is 0.300. The lowest BCUT2D eigenvalue weighted by molar-refractivity contribution is 0.0976. The Morgan fingerprint density at radius 1 is 1.39 bits per heavy atom. The van der Waals surface area contributed by atoms with Crippen molar-refractivity contribution in [3.63, 3.8) is 0 Å². The van der Waals surface area contributed by atoms with E-state index in [0.717, 1.165) is 28.4 Å². The number of aryl methyl sites for hydroxylation is 2. The number of nitrogens with one attached hydrogen (secondary N) is 1. The lowest BCUT2D eigenvalue weighted by Crippen LogP contribution is -2.38. The van der Waals surface area contributed by atoms with Crippen molar-refractivity contribution in [2.75, 3.05) is 23.4 Å². The molecule has 3 aromatic rings. The molecular weight excluding hydrogens is 374 g/mol. The second-order valence-corrected chi connectivity index (χ2v) is 7.44. The minimum Gasteiger partial charge on any atom is -0.490 e. The first-order chi connectivity index (χ1) is 13.7. The highest BCUT2D eigenvalue weighted by molar-refractivity contribution is 7.09. The van der Waals surface area contributed by atoms with Gasteiger partial charge < -0.3 is 15.0 Å². The monoisotopic (exact) mass is 395 g/mol. The Hall–Kier alpha value is -3.00. The number of benzene rings is 1. The first-order valence-corrected chi connectivity index (χ1v) is 10.1. The van der Waals surface area contributed by atoms with Crippen molar-refractivity contribution in [1.82, 2.24) is 15.0 Å². The van der Waals surface area contributed by atoms with Crippen LogP contribution in [0.1, 0.15) is 33.5 Å². The number of nitrogens with zero attached hydrogens (tertiary/aromatic N) is 4. The predicted octanol–water partition coefficient (Wildman–Crippen LogP) is 3.46. The summed E-state index contributed by atoms with van der Waals surface area (Å²) < 4.78 is 5.70. The predicted molar refractivity (Wildman–Crippen MR) is 109 cm³/mol. The molecule has 4 rings (SSSR count). The summed E-state index contributed by atoms with van der Waals surface area (Å²) in [6.07, 6.45) is 3.90. The minimum atomic E-state index is -0.147. The zero-order valence-electron chi connectivity index (χ0n) is 15.8. The van der Waals surface area contributed by atoms with Gasteiger partial charge in [-0.1, -0.05) is 13.0 Å². The van der Waals surface area contributed by atoms with Gasteiger partial charge in [-0.2, -0.15) is 0 Å².